The fraction of sp³-hybridized carbons (Fsp3) is 0.400. The average Bonchev–Trinajstić information content (AvgIpc) is 2.77. The van der Waals surface area contributed by atoms with Gasteiger partial charge in [-0.05, 0) is 12.1 Å². The minimum atomic E-state index is -0.301. The molecule has 0 aliphatic carbocycles. The Labute approximate surface area is 93.1 Å². The number of hydrogen-bond donors (Lipinski definition) is 3. The summed E-state index contributed by atoms with van der Waals surface area (Å²) in [6, 6.07) is 3.39. The van der Waals surface area contributed by atoms with Gasteiger partial charge in [0.1, 0.15) is 11.6 Å². The molecule has 6 heteroatoms. The number of carbonyl (C=O) groups is 1. The fourth-order valence-electron chi connectivity index (χ4n) is 1.13. The Hall–Kier alpha value is -1.98. The van der Waals surface area contributed by atoms with Crippen LogP contribution in [0.5, 0.6) is 0 Å². The summed E-state index contributed by atoms with van der Waals surface area (Å²) < 4.78 is 5.26. The van der Waals surface area contributed by atoms with Crippen molar-refractivity contribution in [2.75, 3.05) is 6.54 Å². The van der Waals surface area contributed by atoms with Gasteiger partial charge < -0.3 is 20.7 Å². The second-order valence-corrected chi connectivity index (χ2v) is 3.22. The molecule has 1 aromatic heterocycles. The molecule has 0 atom stereocenters. The van der Waals surface area contributed by atoms with Gasteiger partial charge in [-0.25, -0.2) is 0 Å². The number of rotatable bonds is 5. The molecule has 1 heterocycles. The molecule has 0 aliphatic rings. The van der Waals surface area contributed by atoms with Gasteiger partial charge in [0.2, 0.25) is 0 Å². The van der Waals surface area contributed by atoms with Crippen molar-refractivity contribution in [3.8, 4) is 0 Å². The molecular weight excluding hydrogens is 210 g/mol. The number of aryl methyl sites for hydroxylation is 1. The van der Waals surface area contributed by atoms with Crippen LogP contribution >= 0.6 is 0 Å². The van der Waals surface area contributed by atoms with Gasteiger partial charge in [0.25, 0.3) is 5.91 Å². The highest BCUT2D eigenvalue weighted by atomic mass is 16.4. The summed E-state index contributed by atoms with van der Waals surface area (Å²) in [6.07, 6.45) is 1.04. The molecule has 0 aromatic carbocycles. The van der Waals surface area contributed by atoms with Gasteiger partial charge >= 0.3 is 0 Å². The number of amides is 1. The molecule has 88 valence electrons. The zero-order valence-corrected chi connectivity index (χ0v) is 9.06. The van der Waals surface area contributed by atoms with Crippen LogP contribution < -0.4 is 11.1 Å². The second-order valence-electron chi connectivity index (χ2n) is 3.22. The zero-order chi connectivity index (χ0) is 12.0. The number of furan rings is 1. The van der Waals surface area contributed by atoms with Crippen molar-refractivity contribution in [3.05, 3.63) is 23.7 Å². The molecule has 16 heavy (non-hydrogen) atoms. The molecule has 0 aliphatic heterocycles. The van der Waals surface area contributed by atoms with E-state index < -0.39 is 0 Å². The summed E-state index contributed by atoms with van der Waals surface area (Å²) in [5.74, 6) is 0.817. The molecule has 6 nitrogen and oxygen atoms in total. The Morgan fingerprint density at radius 2 is 2.38 bits per heavy atom. The van der Waals surface area contributed by atoms with Gasteiger partial charge in [0.05, 0.1) is 0 Å². The third kappa shape index (κ3) is 3.30. The Morgan fingerprint density at radius 1 is 1.62 bits per heavy atom. The highest BCUT2D eigenvalue weighted by Gasteiger charge is 2.09. The van der Waals surface area contributed by atoms with E-state index in [1.807, 2.05) is 6.92 Å². The third-order valence-electron chi connectivity index (χ3n) is 2.03. The van der Waals surface area contributed by atoms with E-state index in [2.05, 4.69) is 10.5 Å². The van der Waals surface area contributed by atoms with Crippen LogP contribution in [-0.4, -0.2) is 23.5 Å². The lowest BCUT2D eigenvalue weighted by Crippen LogP contribution is -2.27. The van der Waals surface area contributed by atoms with Gasteiger partial charge in [-0.1, -0.05) is 12.1 Å². The van der Waals surface area contributed by atoms with Crippen molar-refractivity contribution in [2.24, 2.45) is 10.9 Å². The summed E-state index contributed by atoms with van der Waals surface area (Å²) >= 11 is 0. The summed E-state index contributed by atoms with van der Waals surface area (Å²) in [6.45, 7) is 2.25. The van der Waals surface area contributed by atoms with E-state index in [4.69, 9.17) is 15.4 Å². The van der Waals surface area contributed by atoms with Crippen LogP contribution in [0.25, 0.3) is 0 Å². The van der Waals surface area contributed by atoms with Crippen molar-refractivity contribution in [1.82, 2.24) is 5.32 Å². The lowest BCUT2D eigenvalue weighted by atomic mass is 10.3. The minimum Gasteiger partial charge on any atom is -0.456 e. The number of amidine groups is 1. The van der Waals surface area contributed by atoms with E-state index in [-0.39, 0.29) is 17.5 Å². The normalized spacial score (nSPS) is 11.4. The van der Waals surface area contributed by atoms with Crippen LogP contribution in [0.15, 0.2) is 21.7 Å². The maximum atomic E-state index is 11.5. The standard InChI is InChI=1S/C10H15N3O3/c1-2-7-3-4-8(16-7)10(14)12-6-5-9(11)13-15/h3-4,15H,2,5-6H2,1H3,(H2,11,13)(H,12,14). The predicted octanol–water partition coefficient (Wildman–Crippen LogP) is 0.708. The fourth-order valence-corrected chi connectivity index (χ4v) is 1.13. The minimum absolute atomic E-state index is 0.0778. The van der Waals surface area contributed by atoms with Crippen LogP contribution in [0.2, 0.25) is 0 Å². The first-order valence-electron chi connectivity index (χ1n) is 5.00. The van der Waals surface area contributed by atoms with E-state index in [9.17, 15) is 4.79 Å². The van der Waals surface area contributed by atoms with Gasteiger partial charge in [0, 0.05) is 19.4 Å². The first-order chi connectivity index (χ1) is 7.67. The molecule has 0 unspecified atom stereocenters. The zero-order valence-electron chi connectivity index (χ0n) is 9.06. The van der Waals surface area contributed by atoms with Crippen molar-refractivity contribution in [2.45, 2.75) is 19.8 Å². The molecule has 0 spiro atoms. The van der Waals surface area contributed by atoms with Crippen molar-refractivity contribution in [3.63, 3.8) is 0 Å². The molecule has 4 N–H and O–H groups in total. The van der Waals surface area contributed by atoms with Crippen LogP contribution in [-0.2, 0) is 6.42 Å². The Kier molecular flexibility index (Phi) is 4.38. The smallest absolute Gasteiger partial charge is 0.287 e. The van der Waals surface area contributed by atoms with Crippen LogP contribution in [0.1, 0.15) is 29.7 Å². The van der Waals surface area contributed by atoms with Crippen molar-refractivity contribution in [1.29, 1.82) is 0 Å². The Morgan fingerprint density at radius 3 is 2.94 bits per heavy atom. The van der Waals surface area contributed by atoms with E-state index in [1.54, 1.807) is 12.1 Å². The van der Waals surface area contributed by atoms with E-state index in [0.29, 0.717) is 13.0 Å². The lowest BCUT2D eigenvalue weighted by molar-refractivity contribution is 0.0925. The second kappa shape index (κ2) is 5.79. The van der Waals surface area contributed by atoms with Gasteiger partial charge in [0.15, 0.2) is 5.76 Å². The monoisotopic (exact) mass is 225 g/mol. The first-order valence-corrected chi connectivity index (χ1v) is 5.00. The molecule has 1 amide bonds. The van der Waals surface area contributed by atoms with E-state index >= 15 is 0 Å². The number of hydrogen-bond acceptors (Lipinski definition) is 4. The Bertz CT molecular complexity index is 384. The summed E-state index contributed by atoms with van der Waals surface area (Å²) in [7, 11) is 0. The highest BCUT2D eigenvalue weighted by molar-refractivity contribution is 5.91. The Balaban J connectivity index is 2.41. The van der Waals surface area contributed by atoms with Crippen LogP contribution in [0.4, 0.5) is 0 Å². The third-order valence-corrected chi connectivity index (χ3v) is 2.03. The molecule has 1 rings (SSSR count). The SMILES string of the molecule is CCc1ccc(C(=O)NCCC(N)=NO)o1. The molecule has 0 radical (unpaired) electrons. The van der Waals surface area contributed by atoms with Crippen molar-refractivity contribution >= 4 is 11.7 Å². The topological polar surface area (TPSA) is 101 Å². The maximum Gasteiger partial charge on any atom is 0.287 e. The quantitative estimate of drug-likeness (QED) is 0.297. The largest absolute Gasteiger partial charge is 0.456 e. The molecular formula is C10H15N3O3. The number of nitrogens with zero attached hydrogens (tertiary/aromatic N) is 1. The predicted molar refractivity (Wildman–Crippen MR) is 58.4 cm³/mol. The highest BCUT2D eigenvalue weighted by Crippen LogP contribution is 2.07. The number of carbonyl (C=O) groups excluding carboxylic acids is 1. The maximum absolute atomic E-state index is 11.5. The number of nitrogens with one attached hydrogen (secondary N) is 1. The first kappa shape index (κ1) is 12.1. The van der Waals surface area contributed by atoms with Crippen LogP contribution in [0.3, 0.4) is 0 Å². The van der Waals surface area contributed by atoms with E-state index in [1.165, 1.54) is 0 Å². The average molecular weight is 225 g/mol. The number of nitrogens with two attached hydrogens (primary N) is 1. The molecule has 1 aromatic rings. The van der Waals surface area contributed by atoms with Gasteiger partial charge in [-0.2, -0.15) is 0 Å². The summed E-state index contributed by atoms with van der Waals surface area (Å²) in [5.41, 5.74) is 5.25. The summed E-state index contributed by atoms with van der Waals surface area (Å²) in [5, 5.41) is 13.7. The van der Waals surface area contributed by atoms with Crippen LogP contribution in [0, 0.1) is 0 Å². The lowest BCUT2D eigenvalue weighted by Gasteiger charge is -2.01. The number of oxime groups is 1. The molecule has 0 saturated heterocycles. The van der Waals surface area contributed by atoms with Gasteiger partial charge in [-0.3, -0.25) is 4.79 Å². The molecule has 0 fully saturated rings. The van der Waals surface area contributed by atoms with E-state index in [0.717, 1.165) is 12.2 Å². The summed E-state index contributed by atoms with van der Waals surface area (Å²) in [4.78, 5) is 11.5. The molecule has 0 saturated carbocycles. The van der Waals surface area contributed by atoms with Gasteiger partial charge in [-0.15, -0.1) is 0 Å². The molecule has 0 bridgehead atoms. The van der Waals surface area contributed by atoms with Crippen molar-refractivity contribution < 1.29 is 14.4 Å².